The molecule has 142 valence electrons. The van der Waals surface area contributed by atoms with E-state index in [1.54, 1.807) is 11.8 Å². The highest BCUT2D eigenvalue weighted by Gasteiger charge is 2.10. The molecule has 0 aromatic heterocycles. The maximum atomic E-state index is 12.3. The van der Waals surface area contributed by atoms with Gasteiger partial charge in [0.2, 0.25) is 5.91 Å². The molecule has 0 spiro atoms. The summed E-state index contributed by atoms with van der Waals surface area (Å²) in [6.45, 7) is 4.75. The molecule has 3 aromatic carbocycles. The van der Waals surface area contributed by atoms with E-state index in [0.29, 0.717) is 12.3 Å². The molecule has 1 amide bonds. The first-order chi connectivity index (χ1) is 13.3. The Kier molecular flexibility index (Phi) is 7.55. The Hall–Kier alpha value is -2.04. The highest BCUT2D eigenvalue weighted by Crippen LogP contribution is 2.35. The van der Waals surface area contributed by atoms with Crippen LogP contribution in [0, 0.1) is 0 Å². The Balaban J connectivity index is 1.58. The van der Waals surface area contributed by atoms with Gasteiger partial charge < -0.3 is 10.6 Å². The molecule has 0 unspecified atom stereocenters. The number of fused-ring (bicyclic) bond motifs is 2. The van der Waals surface area contributed by atoms with Gasteiger partial charge in [-0.2, -0.15) is 0 Å². The molecule has 3 aromatic rings. The average molecular weight is 381 g/mol. The molecule has 4 heteroatoms. The molecule has 0 atom stereocenters. The van der Waals surface area contributed by atoms with E-state index in [2.05, 4.69) is 72.2 Å². The highest BCUT2D eigenvalue weighted by molar-refractivity contribution is 8.00. The fraction of sp³-hybridized carbons (Fsp3) is 0.348. The largest absolute Gasteiger partial charge is 0.354 e. The number of nitrogens with one attached hydrogen (secondary N) is 2. The third kappa shape index (κ3) is 5.47. The Bertz CT molecular complexity index is 840. The summed E-state index contributed by atoms with van der Waals surface area (Å²) in [5.74, 6) is 0.528. The zero-order valence-corrected chi connectivity index (χ0v) is 16.8. The monoisotopic (exact) mass is 380 g/mol. The van der Waals surface area contributed by atoms with Crippen molar-refractivity contribution in [3.05, 3.63) is 54.6 Å². The number of carbonyl (C=O) groups excluding carboxylic acids is 1. The van der Waals surface area contributed by atoms with Crippen LogP contribution in [0.3, 0.4) is 0 Å². The molecule has 3 rings (SSSR count). The average Bonchev–Trinajstić information content (AvgIpc) is 2.70. The number of benzene rings is 3. The molecule has 0 aliphatic heterocycles. The van der Waals surface area contributed by atoms with Gasteiger partial charge >= 0.3 is 0 Å². The van der Waals surface area contributed by atoms with Crippen LogP contribution in [0.15, 0.2) is 59.5 Å². The number of amides is 1. The summed E-state index contributed by atoms with van der Waals surface area (Å²) in [6, 6.07) is 19.0. The standard InChI is InChI=1S/C23H28N2OS/c1-2-3-8-13-24-14-15-25-22(26)17-27-23-20-11-6-4-9-18(20)16-19-10-5-7-12-21(19)23/h4-7,9-12,16,24H,2-3,8,13-15,17H2,1H3,(H,25,26). The summed E-state index contributed by atoms with van der Waals surface area (Å²) in [5.41, 5.74) is 0. The maximum absolute atomic E-state index is 12.3. The van der Waals surface area contributed by atoms with E-state index < -0.39 is 0 Å². The van der Waals surface area contributed by atoms with E-state index in [9.17, 15) is 4.79 Å². The second-order valence-electron chi connectivity index (χ2n) is 6.74. The summed E-state index contributed by atoms with van der Waals surface area (Å²) in [7, 11) is 0. The van der Waals surface area contributed by atoms with Gasteiger partial charge in [-0.05, 0) is 40.6 Å². The fourth-order valence-electron chi connectivity index (χ4n) is 3.23. The minimum atomic E-state index is 0.0902. The Morgan fingerprint density at radius 3 is 2.22 bits per heavy atom. The van der Waals surface area contributed by atoms with Gasteiger partial charge in [-0.3, -0.25) is 4.79 Å². The van der Waals surface area contributed by atoms with Crippen LogP contribution < -0.4 is 10.6 Å². The van der Waals surface area contributed by atoms with Crippen LogP contribution in [0.4, 0.5) is 0 Å². The van der Waals surface area contributed by atoms with Gasteiger partial charge in [0.1, 0.15) is 0 Å². The lowest BCUT2D eigenvalue weighted by molar-refractivity contribution is -0.118. The summed E-state index contributed by atoms with van der Waals surface area (Å²) in [5, 5.41) is 11.3. The summed E-state index contributed by atoms with van der Waals surface area (Å²) < 4.78 is 0. The van der Waals surface area contributed by atoms with E-state index in [-0.39, 0.29) is 5.91 Å². The van der Waals surface area contributed by atoms with Crippen LogP contribution in [-0.4, -0.2) is 31.3 Å². The van der Waals surface area contributed by atoms with Crippen molar-refractivity contribution in [2.45, 2.75) is 31.1 Å². The van der Waals surface area contributed by atoms with Crippen molar-refractivity contribution in [1.82, 2.24) is 10.6 Å². The van der Waals surface area contributed by atoms with Crippen molar-refractivity contribution in [2.75, 3.05) is 25.4 Å². The molecule has 0 aliphatic rings. The number of unbranched alkanes of at least 4 members (excludes halogenated alkanes) is 2. The first kappa shape index (κ1) is 19.7. The highest BCUT2D eigenvalue weighted by atomic mass is 32.2. The van der Waals surface area contributed by atoms with Gasteiger partial charge in [-0.15, -0.1) is 11.8 Å². The molecule has 27 heavy (non-hydrogen) atoms. The summed E-state index contributed by atoms with van der Waals surface area (Å²) >= 11 is 1.63. The van der Waals surface area contributed by atoms with Crippen molar-refractivity contribution in [2.24, 2.45) is 0 Å². The van der Waals surface area contributed by atoms with E-state index in [1.807, 2.05) is 0 Å². The maximum Gasteiger partial charge on any atom is 0.230 e. The van der Waals surface area contributed by atoms with Crippen molar-refractivity contribution < 1.29 is 4.79 Å². The minimum Gasteiger partial charge on any atom is -0.354 e. The molecule has 0 saturated carbocycles. The van der Waals surface area contributed by atoms with Gasteiger partial charge in [-0.25, -0.2) is 0 Å². The first-order valence-corrected chi connectivity index (χ1v) is 10.8. The Morgan fingerprint density at radius 2 is 1.56 bits per heavy atom. The molecule has 0 heterocycles. The number of hydrogen-bond acceptors (Lipinski definition) is 3. The number of rotatable bonds is 10. The third-order valence-electron chi connectivity index (χ3n) is 4.65. The van der Waals surface area contributed by atoms with Crippen LogP contribution in [0.1, 0.15) is 26.2 Å². The van der Waals surface area contributed by atoms with Gasteiger partial charge in [0.15, 0.2) is 0 Å². The van der Waals surface area contributed by atoms with Crippen LogP contribution in [-0.2, 0) is 4.79 Å². The van der Waals surface area contributed by atoms with Gasteiger partial charge in [0.25, 0.3) is 0 Å². The third-order valence-corrected chi connectivity index (χ3v) is 5.79. The zero-order chi connectivity index (χ0) is 18.9. The van der Waals surface area contributed by atoms with Gasteiger partial charge in [-0.1, -0.05) is 68.3 Å². The molecular weight excluding hydrogens is 352 g/mol. The second-order valence-corrected chi connectivity index (χ2v) is 7.73. The van der Waals surface area contributed by atoms with Crippen molar-refractivity contribution in [1.29, 1.82) is 0 Å². The first-order valence-electron chi connectivity index (χ1n) is 9.80. The number of thioether (sulfide) groups is 1. The number of carbonyl (C=O) groups is 1. The van der Waals surface area contributed by atoms with Crippen LogP contribution in [0.5, 0.6) is 0 Å². The Morgan fingerprint density at radius 1 is 0.889 bits per heavy atom. The van der Waals surface area contributed by atoms with Crippen LogP contribution >= 0.6 is 11.8 Å². The van der Waals surface area contributed by atoms with Gasteiger partial charge in [0.05, 0.1) is 5.75 Å². The van der Waals surface area contributed by atoms with Gasteiger partial charge in [0, 0.05) is 18.0 Å². The van der Waals surface area contributed by atoms with E-state index in [1.165, 1.54) is 45.7 Å². The quantitative estimate of drug-likeness (QED) is 0.296. The summed E-state index contributed by atoms with van der Waals surface area (Å²) in [4.78, 5) is 13.5. The second kappa shape index (κ2) is 10.3. The SMILES string of the molecule is CCCCCNCCNC(=O)CSc1c2ccccc2cc2ccccc12. The lowest BCUT2D eigenvalue weighted by atomic mass is 10.0. The molecule has 0 saturated heterocycles. The predicted molar refractivity (Wildman–Crippen MR) is 118 cm³/mol. The van der Waals surface area contributed by atoms with Crippen molar-refractivity contribution in [3.8, 4) is 0 Å². The molecule has 0 fully saturated rings. The van der Waals surface area contributed by atoms with E-state index in [4.69, 9.17) is 0 Å². The molecular formula is C23H28N2OS. The topological polar surface area (TPSA) is 41.1 Å². The normalized spacial score (nSPS) is 11.1. The van der Waals surface area contributed by atoms with Crippen molar-refractivity contribution >= 4 is 39.2 Å². The molecule has 0 bridgehead atoms. The van der Waals surface area contributed by atoms with Crippen LogP contribution in [0.25, 0.3) is 21.5 Å². The van der Waals surface area contributed by atoms with Crippen molar-refractivity contribution in [3.63, 3.8) is 0 Å². The van der Waals surface area contributed by atoms with E-state index >= 15 is 0 Å². The molecule has 0 radical (unpaired) electrons. The lowest BCUT2D eigenvalue weighted by Crippen LogP contribution is -2.33. The lowest BCUT2D eigenvalue weighted by Gasteiger charge is -2.11. The predicted octanol–water partition coefficient (Wildman–Crippen LogP) is 4.98. The van der Waals surface area contributed by atoms with Crippen LogP contribution in [0.2, 0.25) is 0 Å². The number of hydrogen-bond donors (Lipinski definition) is 2. The molecule has 3 nitrogen and oxygen atoms in total. The molecule has 0 aliphatic carbocycles. The fourth-order valence-corrected chi connectivity index (χ4v) is 4.29. The van der Waals surface area contributed by atoms with E-state index in [0.717, 1.165) is 13.1 Å². The Labute approximate surface area is 165 Å². The minimum absolute atomic E-state index is 0.0902. The zero-order valence-electron chi connectivity index (χ0n) is 16.0. The summed E-state index contributed by atoms with van der Waals surface area (Å²) in [6.07, 6.45) is 3.70. The molecule has 2 N–H and O–H groups in total. The smallest absolute Gasteiger partial charge is 0.230 e.